The molecule has 1 aromatic heterocycles. The zero-order valence-electron chi connectivity index (χ0n) is 17.0. The summed E-state index contributed by atoms with van der Waals surface area (Å²) in [7, 11) is 0. The summed E-state index contributed by atoms with van der Waals surface area (Å²) in [6, 6.07) is 12.5. The van der Waals surface area contributed by atoms with E-state index in [2.05, 4.69) is 15.7 Å². The van der Waals surface area contributed by atoms with Crippen LogP contribution in [0.5, 0.6) is 5.75 Å². The number of rotatable bonds is 8. The predicted molar refractivity (Wildman–Crippen MR) is 114 cm³/mol. The molecule has 3 rings (SSSR count). The molecular weight excluding hydrogens is 465 g/mol. The maximum Gasteiger partial charge on any atom is 0.435 e. The summed E-state index contributed by atoms with van der Waals surface area (Å²) in [5.41, 5.74) is -0.272. The van der Waals surface area contributed by atoms with E-state index in [9.17, 15) is 23.1 Å². The third-order valence-corrected chi connectivity index (χ3v) is 4.56. The number of anilines is 1. The van der Waals surface area contributed by atoms with Crippen molar-refractivity contribution < 1.29 is 32.9 Å². The minimum absolute atomic E-state index is 0.0933. The predicted octanol–water partition coefficient (Wildman–Crippen LogP) is 3.60. The second kappa shape index (κ2) is 10.6. The molecule has 0 saturated carbocycles. The lowest BCUT2D eigenvalue weighted by Crippen LogP contribution is -2.29. The maximum absolute atomic E-state index is 13.2. The quantitative estimate of drug-likeness (QED) is 0.391. The summed E-state index contributed by atoms with van der Waals surface area (Å²) < 4.78 is 45.9. The molecule has 0 radical (unpaired) electrons. The normalized spacial score (nSPS) is 12.3. The number of nitrogens with one attached hydrogen (secondary N) is 2. The van der Waals surface area contributed by atoms with Crippen molar-refractivity contribution in [2.45, 2.75) is 18.8 Å². The molecule has 0 aliphatic carbocycles. The van der Waals surface area contributed by atoms with E-state index in [4.69, 9.17) is 21.4 Å². The fraction of sp³-hybridized carbons (Fsp3) is 0.238. The summed E-state index contributed by atoms with van der Waals surface area (Å²) >= 11 is 5.94. The highest BCUT2D eigenvalue weighted by Gasteiger charge is 2.35. The molecule has 0 bridgehead atoms. The van der Waals surface area contributed by atoms with Gasteiger partial charge in [0.2, 0.25) is 0 Å². The maximum atomic E-state index is 13.2. The lowest BCUT2D eigenvalue weighted by molar-refractivity contribution is -0.141. The van der Waals surface area contributed by atoms with Gasteiger partial charge in [-0.2, -0.15) is 18.3 Å². The van der Waals surface area contributed by atoms with E-state index in [1.54, 1.807) is 30.3 Å². The van der Waals surface area contributed by atoms with Crippen LogP contribution in [0.25, 0.3) is 5.69 Å². The first-order chi connectivity index (χ1) is 15.7. The van der Waals surface area contributed by atoms with Gasteiger partial charge in [0.25, 0.3) is 0 Å². The van der Waals surface area contributed by atoms with Crippen molar-refractivity contribution in [3.8, 4) is 11.4 Å². The fourth-order valence-electron chi connectivity index (χ4n) is 2.74. The Hall–Kier alpha value is -3.28. The van der Waals surface area contributed by atoms with Crippen molar-refractivity contribution in [1.82, 2.24) is 15.1 Å². The molecule has 2 amide bonds. The lowest BCUT2D eigenvalue weighted by Gasteiger charge is -2.12. The number of alkyl halides is 3. The fourth-order valence-corrected chi connectivity index (χ4v) is 2.93. The molecule has 2 aromatic carbocycles. The number of carbonyl (C=O) groups excluding carboxylic acids is 1. The monoisotopic (exact) mass is 484 g/mol. The Morgan fingerprint density at radius 3 is 2.55 bits per heavy atom. The molecule has 1 heterocycles. The number of hydrogen-bond acceptors (Lipinski definition) is 5. The van der Waals surface area contributed by atoms with Gasteiger partial charge in [-0.25, -0.2) is 9.48 Å². The number of ether oxygens (including phenoxy) is 1. The number of aliphatic hydroxyl groups is 2. The molecule has 3 aromatic rings. The highest BCUT2D eigenvalue weighted by molar-refractivity contribution is 6.30. The molecule has 0 aliphatic rings. The van der Waals surface area contributed by atoms with Crippen LogP contribution in [0, 0.1) is 0 Å². The SMILES string of the molecule is O=C(NCc1cc(C(F)(F)F)nn1-c1cccc(Cl)c1)Nc1ccc(OCC(O)CO)cc1. The van der Waals surface area contributed by atoms with Gasteiger partial charge in [-0.1, -0.05) is 17.7 Å². The van der Waals surface area contributed by atoms with Crippen LogP contribution in [0.3, 0.4) is 0 Å². The molecule has 0 saturated heterocycles. The van der Waals surface area contributed by atoms with Crippen LogP contribution >= 0.6 is 11.6 Å². The van der Waals surface area contributed by atoms with E-state index < -0.39 is 30.6 Å². The number of hydrogen-bond donors (Lipinski definition) is 4. The molecule has 12 heteroatoms. The van der Waals surface area contributed by atoms with Gasteiger partial charge >= 0.3 is 12.2 Å². The molecule has 176 valence electrons. The second-order valence-corrected chi connectivity index (χ2v) is 7.33. The smallest absolute Gasteiger partial charge is 0.435 e. The summed E-state index contributed by atoms with van der Waals surface area (Å²) in [5.74, 6) is 0.415. The van der Waals surface area contributed by atoms with Crippen LogP contribution in [0.2, 0.25) is 5.02 Å². The third-order valence-electron chi connectivity index (χ3n) is 4.32. The lowest BCUT2D eigenvalue weighted by atomic mass is 10.3. The number of aliphatic hydroxyl groups excluding tert-OH is 2. The van der Waals surface area contributed by atoms with Crippen molar-refractivity contribution >= 4 is 23.3 Å². The molecule has 4 N–H and O–H groups in total. The topological polar surface area (TPSA) is 109 Å². The van der Waals surface area contributed by atoms with Crippen LogP contribution in [-0.2, 0) is 12.7 Å². The van der Waals surface area contributed by atoms with Crippen molar-refractivity contribution in [2.75, 3.05) is 18.5 Å². The van der Waals surface area contributed by atoms with Gasteiger partial charge in [-0.3, -0.25) is 0 Å². The zero-order valence-corrected chi connectivity index (χ0v) is 17.8. The number of aromatic nitrogens is 2. The molecule has 0 fully saturated rings. The molecule has 0 aliphatic heterocycles. The molecule has 1 unspecified atom stereocenters. The number of urea groups is 1. The van der Waals surface area contributed by atoms with E-state index >= 15 is 0 Å². The minimum atomic E-state index is -4.65. The summed E-state index contributed by atoms with van der Waals surface area (Å²) in [6.45, 7) is -0.758. The van der Waals surface area contributed by atoms with E-state index in [-0.39, 0.29) is 18.8 Å². The highest BCUT2D eigenvalue weighted by Crippen LogP contribution is 2.30. The van der Waals surface area contributed by atoms with Gasteiger partial charge in [0, 0.05) is 10.7 Å². The van der Waals surface area contributed by atoms with Crippen molar-refractivity contribution in [1.29, 1.82) is 0 Å². The molecule has 1 atom stereocenters. The Morgan fingerprint density at radius 2 is 1.91 bits per heavy atom. The minimum Gasteiger partial charge on any atom is -0.491 e. The number of benzene rings is 2. The Morgan fingerprint density at radius 1 is 1.18 bits per heavy atom. The van der Waals surface area contributed by atoms with Crippen LogP contribution in [-0.4, -0.2) is 45.3 Å². The van der Waals surface area contributed by atoms with Crippen molar-refractivity contribution in [2.24, 2.45) is 0 Å². The van der Waals surface area contributed by atoms with Gasteiger partial charge < -0.3 is 25.6 Å². The average molecular weight is 485 g/mol. The number of nitrogens with zero attached hydrogens (tertiary/aromatic N) is 2. The Bertz CT molecular complexity index is 1090. The van der Waals surface area contributed by atoms with Crippen LogP contribution in [0.15, 0.2) is 54.6 Å². The van der Waals surface area contributed by atoms with Gasteiger partial charge in [0.15, 0.2) is 5.69 Å². The van der Waals surface area contributed by atoms with E-state index in [1.807, 2.05) is 0 Å². The first-order valence-corrected chi connectivity index (χ1v) is 10.0. The molecular formula is C21H20ClF3N4O4. The van der Waals surface area contributed by atoms with Crippen LogP contribution in [0.1, 0.15) is 11.4 Å². The Labute approximate surface area is 191 Å². The first-order valence-electron chi connectivity index (χ1n) is 9.64. The zero-order chi connectivity index (χ0) is 24.0. The van der Waals surface area contributed by atoms with Crippen LogP contribution in [0.4, 0.5) is 23.7 Å². The van der Waals surface area contributed by atoms with Gasteiger partial charge in [-0.15, -0.1) is 0 Å². The standard InChI is InChI=1S/C21H20ClF3N4O4/c22-13-2-1-3-15(8-13)29-16(9-19(28-29)21(23,24)25)10-26-20(32)27-14-4-6-18(7-5-14)33-12-17(31)11-30/h1-9,17,30-31H,10-12H2,(H2,26,27,32). The summed E-state index contributed by atoms with van der Waals surface area (Å²) in [5, 5.41) is 27.0. The Balaban J connectivity index is 1.65. The largest absolute Gasteiger partial charge is 0.491 e. The average Bonchev–Trinajstić information content (AvgIpc) is 3.22. The van der Waals surface area contributed by atoms with E-state index in [0.717, 1.165) is 10.7 Å². The second-order valence-electron chi connectivity index (χ2n) is 6.89. The van der Waals surface area contributed by atoms with Crippen molar-refractivity contribution in [3.63, 3.8) is 0 Å². The van der Waals surface area contributed by atoms with E-state index in [1.165, 1.54) is 18.2 Å². The van der Waals surface area contributed by atoms with Crippen molar-refractivity contribution in [3.05, 3.63) is 71.0 Å². The van der Waals surface area contributed by atoms with Gasteiger partial charge in [0.05, 0.1) is 24.5 Å². The third kappa shape index (κ3) is 6.85. The molecule has 0 spiro atoms. The van der Waals surface area contributed by atoms with Gasteiger partial charge in [0.1, 0.15) is 18.5 Å². The van der Waals surface area contributed by atoms with Gasteiger partial charge in [-0.05, 0) is 48.5 Å². The first kappa shape index (κ1) is 24.4. The molecule has 8 nitrogen and oxygen atoms in total. The van der Waals surface area contributed by atoms with Crippen LogP contribution < -0.4 is 15.4 Å². The number of halogens is 4. The number of carbonyl (C=O) groups is 1. The van der Waals surface area contributed by atoms with E-state index in [0.29, 0.717) is 22.1 Å². The number of amides is 2. The highest BCUT2D eigenvalue weighted by atomic mass is 35.5. The summed E-state index contributed by atoms with van der Waals surface area (Å²) in [6.07, 6.45) is -5.66. The summed E-state index contributed by atoms with van der Waals surface area (Å²) in [4.78, 5) is 12.2. The Kier molecular flexibility index (Phi) is 7.79. The molecule has 33 heavy (non-hydrogen) atoms.